The lowest BCUT2D eigenvalue weighted by atomic mass is 10.1. The minimum Gasteiger partial charge on any atom is -0.330 e. The molecule has 0 bridgehead atoms. The summed E-state index contributed by atoms with van der Waals surface area (Å²) in [5.41, 5.74) is 5.85. The summed E-state index contributed by atoms with van der Waals surface area (Å²) in [5, 5.41) is 0.551. The van der Waals surface area contributed by atoms with Gasteiger partial charge in [0.25, 0.3) is 0 Å². The van der Waals surface area contributed by atoms with Gasteiger partial charge in [-0.25, -0.2) is 4.39 Å². The highest BCUT2D eigenvalue weighted by molar-refractivity contribution is 6.30. The molecule has 0 aliphatic heterocycles. The molecule has 12 heavy (non-hydrogen) atoms. The van der Waals surface area contributed by atoms with Gasteiger partial charge in [0.15, 0.2) is 0 Å². The van der Waals surface area contributed by atoms with E-state index in [0.717, 1.165) is 0 Å². The largest absolute Gasteiger partial charge is 0.330 e. The smallest absolute Gasteiger partial charge is 0.126 e. The number of rotatable bonds is 2. The second kappa shape index (κ2) is 5.36. The molecule has 0 unspecified atom stereocenters. The van der Waals surface area contributed by atoms with Crippen LogP contribution in [0.2, 0.25) is 5.02 Å². The molecule has 0 atom stereocenters. The maximum atomic E-state index is 12.8. The summed E-state index contributed by atoms with van der Waals surface area (Å²) in [6.45, 7) is 0.442. The fraction of sp³-hybridized carbons (Fsp3) is 0.250. The molecule has 0 heterocycles. The monoisotopic (exact) mass is 209 g/mol. The number of hydrogen-bond donors (Lipinski definition) is 1. The zero-order valence-electron chi connectivity index (χ0n) is 6.39. The zero-order valence-corrected chi connectivity index (χ0v) is 7.96. The zero-order chi connectivity index (χ0) is 8.27. The van der Waals surface area contributed by atoms with E-state index in [0.29, 0.717) is 23.6 Å². The molecule has 0 fully saturated rings. The Hall–Kier alpha value is -0.310. The predicted octanol–water partition coefficient (Wildman–Crippen LogP) is 2.40. The predicted molar refractivity (Wildman–Crippen MR) is 51.4 cm³/mol. The number of benzene rings is 1. The number of hydrogen-bond acceptors (Lipinski definition) is 1. The van der Waals surface area contributed by atoms with Gasteiger partial charge in [0.05, 0.1) is 0 Å². The molecule has 0 saturated carbocycles. The fourth-order valence-corrected chi connectivity index (χ4v) is 1.09. The van der Waals surface area contributed by atoms with Crippen molar-refractivity contribution in [1.29, 1.82) is 0 Å². The van der Waals surface area contributed by atoms with Gasteiger partial charge in [-0.1, -0.05) is 11.6 Å². The molecule has 0 saturated heterocycles. The Morgan fingerprint density at radius 2 is 2.08 bits per heavy atom. The summed E-state index contributed by atoms with van der Waals surface area (Å²) in [7, 11) is 0. The van der Waals surface area contributed by atoms with Gasteiger partial charge >= 0.3 is 0 Å². The van der Waals surface area contributed by atoms with Gasteiger partial charge in [-0.2, -0.15) is 0 Å². The molecule has 1 aromatic rings. The van der Waals surface area contributed by atoms with Crippen LogP contribution in [0.15, 0.2) is 18.2 Å². The third-order valence-electron chi connectivity index (χ3n) is 1.42. The Labute approximate surface area is 82.1 Å². The third-order valence-corrected chi connectivity index (χ3v) is 1.66. The SMILES string of the molecule is Cl.NCCc1cc(Cl)ccc1F. The van der Waals surface area contributed by atoms with Crippen LogP contribution in [0, 0.1) is 5.82 Å². The van der Waals surface area contributed by atoms with Crippen molar-refractivity contribution in [3.05, 3.63) is 34.6 Å². The average molecular weight is 210 g/mol. The molecular weight excluding hydrogens is 200 g/mol. The highest BCUT2D eigenvalue weighted by Gasteiger charge is 2.00. The van der Waals surface area contributed by atoms with Crippen molar-refractivity contribution >= 4 is 24.0 Å². The lowest BCUT2D eigenvalue weighted by Crippen LogP contribution is -2.04. The minimum absolute atomic E-state index is 0. The summed E-state index contributed by atoms with van der Waals surface area (Å²) in [4.78, 5) is 0. The molecule has 0 aromatic heterocycles. The van der Waals surface area contributed by atoms with E-state index in [1.54, 1.807) is 6.07 Å². The highest BCUT2D eigenvalue weighted by Crippen LogP contribution is 2.14. The van der Waals surface area contributed by atoms with Crippen molar-refractivity contribution in [1.82, 2.24) is 0 Å². The Bertz CT molecular complexity index is 253. The van der Waals surface area contributed by atoms with E-state index in [2.05, 4.69) is 0 Å². The first-order valence-electron chi connectivity index (χ1n) is 3.38. The van der Waals surface area contributed by atoms with Crippen LogP contribution in [0.5, 0.6) is 0 Å². The Kier molecular flexibility index (Phi) is 5.22. The van der Waals surface area contributed by atoms with Crippen molar-refractivity contribution in [3.63, 3.8) is 0 Å². The molecule has 68 valence electrons. The summed E-state index contributed by atoms with van der Waals surface area (Å²) >= 11 is 5.65. The molecule has 1 nitrogen and oxygen atoms in total. The fourth-order valence-electron chi connectivity index (χ4n) is 0.890. The molecule has 0 aliphatic carbocycles. The van der Waals surface area contributed by atoms with E-state index >= 15 is 0 Å². The molecule has 0 amide bonds. The summed E-state index contributed by atoms with van der Waals surface area (Å²) in [6.07, 6.45) is 0.534. The topological polar surface area (TPSA) is 26.0 Å². The quantitative estimate of drug-likeness (QED) is 0.796. The first kappa shape index (κ1) is 11.7. The maximum absolute atomic E-state index is 12.8. The van der Waals surface area contributed by atoms with Crippen molar-refractivity contribution in [2.24, 2.45) is 5.73 Å². The molecule has 0 aliphatic rings. The van der Waals surface area contributed by atoms with Crippen LogP contribution in [0.3, 0.4) is 0 Å². The minimum atomic E-state index is -0.236. The lowest BCUT2D eigenvalue weighted by Gasteiger charge is -2.00. The van der Waals surface area contributed by atoms with Crippen LogP contribution < -0.4 is 5.73 Å². The second-order valence-electron chi connectivity index (χ2n) is 2.27. The third kappa shape index (κ3) is 2.97. The van der Waals surface area contributed by atoms with E-state index in [4.69, 9.17) is 17.3 Å². The Morgan fingerprint density at radius 3 is 2.67 bits per heavy atom. The molecule has 0 spiro atoms. The van der Waals surface area contributed by atoms with E-state index in [1.807, 2.05) is 0 Å². The van der Waals surface area contributed by atoms with Gasteiger partial charge in [-0.3, -0.25) is 0 Å². The van der Waals surface area contributed by atoms with Crippen molar-refractivity contribution < 1.29 is 4.39 Å². The van der Waals surface area contributed by atoms with Gasteiger partial charge in [0.2, 0.25) is 0 Å². The Morgan fingerprint density at radius 1 is 1.42 bits per heavy atom. The number of nitrogens with two attached hydrogens (primary N) is 1. The summed E-state index contributed by atoms with van der Waals surface area (Å²) < 4.78 is 12.8. The van der Waals surface area contributed by atoms with Gasteiger partial charge in [-0.15, -0.1) is 12.4 Å². The van der Waals surface area contributed by atoms with Crippen molar-refractivity contribution in [3.8, 4) is 0 Å². The molecule has 4 heteroatoms. The van der Waals surface area contributed by atoms with Gasteiger partial charge < -0.3 is 5.73 Å². The molecular formula is C8H10Cl2FN. The Balaban J connectivity index is 0.00000121. The lowest BCUT2D eigenvalue weighted by molar-refractivity contribution is 0.609. The van der Waals surface area contributed by atoms with Crippen molar-refractivity contribution in [2.45, 2.75) is 6.42 Å². The first-order chi connectivity index (χ1) is 5.24. The van der Waals surface area contributed by atoms with Crippen molar-refractivity contribution in [2.75, 3.05) is 6.54 Å². The molecule has 0 radical (unpaired) electrons. The normalized spacial score (nSPS) is 9.25. The molecule has 1 aromatic carbocycles. The molecule has 2 N–H and O–H groups in total. The van der Waals surface area contributed by atoms with Crippen LogP contribution in [-0.4, -0.2) is 6.54 Å². The van der Waals surface area contributed by atoms with E-state index < -0.39 is 0 Å². The van der Waals surface area contributed by atoms with Crippen LogP contribution in [-0.2, 0) is 6.42 Å². The van der Waals surface area contributed by atoms with E-state index in [1.165, 1.54) is 12.1 Å². The standard InChI is InChI=1S/C8H9ClFN.ClH/c9-7-1-2-8(10)6(5-7)3-4-11;/h1-2,5H,3-4,11H2;1H. The van der Waals surface area contributed by atoms with Gasteiger partial charge in [0, 0.05) is 5.02 Å². The average Bonchev–Trinajstić information content (AvgIpc) is 1.98. The summed E-state index contributed by atoms with van der Waals surface area (Å²) in [5.74, 6) is -0.236. The second-order valence-corrected chi connectivity index (χ2v) is 2.71. The van der Waals surface area contributed by atoms with Crippen LogP contribution in [0.1, 0.15) is 5.56 Å². The van der Waals surface area contributed by atoms with Crippen LogP contribution in [0.25, 0.3) is 0 Å². The van der Waals surface area contributed by atoms with Crippen LogP contribution >= 0.6 is 24.0 Å². The maximum Gasteiger partial charge on any atom is 0.126 e. The highest BCUT2D eigenvalue weighted by atomic mass is 35.5. The summed E-state index contributed by atoms with van der Waals surface area (Å²) in [6, 6.07) is 4.48. The first-order valence-corrected chi connectivity index (χ1v) is 3.76. The number of halogens is 3. The van der Waals surface area contributed by atoms with E-state index in [-0.39, 0.29) is 18.2 Å². The molecule has 1 rings (SSSR count). The van der Waals surface area contributed by atoms with Gasteiger partial charge in [0.1, 0.15) is 5.82 Å². The van der Waals surface area contributed by atoms with Gasteiger partial charge in [-0.05, 0) is 36.7 Å². The van der Waals surface area contributed by atoms with Crippen LogP contribution in [0.4, 0.5) is 4.39 Å². The van der Waals surface area contributed by atoms with E-state index in [9.17, 15) is 4.39 Å².